The molecular formula is C16H14ClF4N5. The van der Waals surface area contributed by atoms with Crippen LogP contribution in [0, 0.1) is 5.82 Å². The van der Waals surface area contributed by atoms with E-state index in [0.29, 0.717) is 5.56 Å². The van der Waals surface area contributed by atoms with Crippen molar-refractivity contribution < 1.29 is 17.6 Å². The monoisotopic (exact) mass is 387 g/mol. The average molecular weight is 388 g/mol. The fraction of sp³-hybridized carbons (Fsp3) is 0.375. The van der Waals surface area contributed by atoms with Crippen LogP contribution in [0.3, 0.4) is 0 Å². The van der Waals surface area contributed by atoms with Gasteiger partial charge in [-0.25, -0.2) is 14.4 Å². The second-order valence-electron chi connectivity index (χ2n) is 6.32. The van der Waals surface area contributed by atoms with Crippen LogP contribution < -0.4 is 10.6 Å². The number of alkyl halides is 3. The highest BCUT2D eigenvalue weighted by atomic mass is 35.5. The molecule has 1 saturated carbocycles. The highest BCUT2D eigenvalue weighted by molar-refractivity contribution is 6.31. The third-order valence-corrected chi connectivity index (χ3v) is 4.80. The summed E-state index contributed by atoms with van der Waals surface area (Å²) in [6.45, 7) is -0.223. The Kier molecular flexibility index (Phi) is 3.87. The zero-order valence-electron chi connectivity index (χ0n) is 13.3. The number of nitrogens with zero attached hydrogens (tertiary/aromatic N) is 3. The number of aliphatic imine (C=N–C) groups is 2. The maximum absolute atomic E-state index is 14.1. The van der Waals surface area contributed by atoms with E-state index >= 15 is 0 Å². The summed E-state index contributed by atoms with van der Waals surface area (Å²) >= 11 is 5.98. The molecule has 0 bridgehead atoms. The number of benzene rings is 1. The Labute approximate surface area is 151 Å². The predicted octanol–water partition coefficient (Wildman–Crippen LogP) is 3.13. The largest absolute Gasteiger partial charge is 0.438 e. The molecule has 26 heavy (non-hydrogen) atoms. The lowest BCUT2D eigenvalue weighted by Crippen LogP contribution is -2.58. The molecule has 4 rings (SSSR count). The first-order valence-electron chi connectivity index (χ1n) is 7.94. The average Bonchev–Trinajstić information content (AvgIpc) is 3.29. The highest BCUT2D eigenvalue weighted by Gasteiger charge is 2.65. The van der Waals surface area contributed by atoms with Crippen LogP contribution in [0.2, 0.25) is 5.02 Å². The molecule has 1 aromatic carbocycles. The minimum absolute atomic E-state index is 0.0439. The summed E-state index contributed by atoms with van der Waals surface area (Å²) in [6.07, 6.45) is -0.808. The Morgan fingerprint density at radius 1 is 1.35 bits per heavy atom. The van der Waals surface area contributed by atoms with Gasteiger partial charge in [0.1, 0.15) is 17.3 Å². The fourth-order valence-electron chi connectivity index (χ4n) is 2.97. The van der Waals surface area contributed by atoms with Crippen LogP contribution in [0.1, 0.15) is 18.4 Å². The van der Waals surface area contributed by atoms with Crippen molar-refractivity contribution in [2.45, 2.75) is 37.3 Å². The van der Waals surface area contributed by atoms with Gasteiger partial charge in [-0.1, -0.05) is 17.7 Å². The standard InChI is InChI=1S/C16H14ClF4N5/c17-12-5-10(18)2-1-9(12)6-26-8-23-13-14(25-11-3-4-11)22-7-24-15(13,26)16(19,20)21/h1-2,5,7-8,11,25H,3-4,6H2,(H,22,24). The van der Waals surface area contributed by atoms with E-state index in [4.69, 9.17) is 11.6 Å². The maximum atomic E-state index is 14.1. The molecule has 5 nitrogen and oxygen atoms in total. The minimum atomic E-state index is -4.72. The van der Waals surface area contributed by atoms with Gasteiger partial charge in [-0.2, -0.15) is 13.2 Å². The van der Waals surface area contributed by atoms with Crippen molar-refractivity contribution in [2.24, 2.45) is 9.98 Å². The third-order valence-electron chi connectivity index (χ3n) is 4.45. The minimum Gasteiger partial charge on any atom is -0.367 e. The Bertz CT molecular complexity index is 830. The molecule has 1 fully saturated rings. The summed E-state index contributed by atoms with van der Waals surface area (Å²) in [5.74, 6) is -0.362. The van der Waals surface area contributed by atoms with E-state index in [-0.39, 0.29) is 29.1 Å². The van der Waals surface area contributed by atoms with Gasteiger partial charge >= 0.3 is 6.18 Å². The topological polar surface area (TPSA) is 52.0 Å². The molecular weight excluding hydrogens is 374 g/mol. The summed E-state index contributed by atoms with van der Waals surface area (Å²) in [6, 6.07) is 3.70. The molecule has 3 aliphatic rings. The van der Waals surface area contributed by atoms with Crippen molar-refractivity contribution in [3.63, 3.8) is 0 Å². The van der Waals surface area contributed by atoms with E-state index in [0.717, 1.165) is 42.6 Å². The molecule has 1 atom stereocenters. The van der Waals surface area contributed by atoms with Gasteiger partial charge in [0, 0.05) is 17.6 Å². The third kappa shape index (κ3) is 2.70. The quantitative estimate of drug-likeness (QED) is 0.780. The zero-order valence-corrected chi connectivity index (χ0v) is 14.1. The number of rotatable bonds is 4. The van der Waals surface area contributed by atoms with Crippen molar-refractivity contribution in [2.75, 3.05) is 0 Å². The second-order valence-corrected chi connectivity index (χ2v) is 6.73. The van der Waals surface area contributed by atoms with Gasteiger partial charge in [0.2, 0.25) is 0 Å². The van der Waals surface area contributed by atoms with E-state index in [1.54, 1.807) is 0 Å². The first kappa shape index (κ1) is 17.1. The SMILES string of the molecule is Fc1ccc(CN2C=NC3=C(NC4CC4)NC=NC32C(F)(F)F)c(Cl)c1. The lowest BCUT2D eigenvalue weighted by Gasteiger charge is -2.39. The first-order chi connectivity index (χ1) is 12.3. The number of hydrogen-bond acceptors (Lipinski definition) is 5. The number of fused-ring (bicyclic) bond motifs is 1. The van der Waals surface area contributed by atoms with E-state index in [1.807, 2.05) is 0 Å². The van der Waals surface area contributed by atoms with Gasteiger partial charge < -0.3 is 15.5 Å². The Balaban J connectivity index is 1.73. The number of hydrogen-bond donors (Lipinski definition) is 2. The molecule has 0 amide bonds. The normalized spacial score (nSPS) is 24.7. The lowest BCUT2D eigenvalue weighted by atomic mass is 10.0. The van der Waals surface area contributed by atoms with E-state index < -0.39 is 17.7 Å². The second kappa shape index (κ2) is 5.87. The molecule has 0 spiro atoms. The molecule has 2 N–H and O–H groups in total. The molecule has 2 heterocycles. The van der Waals surface area contributed by atoms with Crippen molar-refractivity contribution in [1.82, 2.24) is 15.5 Å². The summed E-state index contributed by atoms with van der Waals surface area (Å²) in [4.78, 5) is 8.68. The molecule has 138 valence electrons. The smallest absolute Gasteiger partial charge is 0.367 e. The summed E-state index contributed by atoms with van der Waals surface area (Å²) in [5.41, 5.74) is -2.54. The molecule has 10 heteroatoms. The van der Waals surface area contributed by atoms with Gasteiger partial charge in [0.05, 0.1) is 12.7 Å². The highest BCUT2D eigenvalue weighted by Crippen LogP contribution is 2.47. The Morgan fingerprint density at radius 3 is 2.77 bits per heavy atom. The van der Waals surface area contributed by atoms with Crippen molar-refractivity contribution in [3.8, 4) is 0 Å². The molecule has 0 radical (unpaired) electrons. The maximum Gasteiger partial charge on any atom is 0.438 e. The molecule has 1 unspecified atom stereocenters. The Hall–Kier alpha value is -2.29. The summed E-state index contributed by atoms with van der Waals surface area (Å²) in [5, 5.41) is 5.79. The van der Waals surface area contributed by atoms with E-state index in [9.17, 15) is 17.6 Å². The summed E-state index contributed by atoms with van der Waals surface area (Å²) < 4.78 is 55.6. The van der Waals surface area contributed by atoms with Gasteiger partial charge in [-0.3, -0.25) is 0 Å². The van der Waals surface area contributed by atoms with Crippen molar-refractivity contribution in [1.29, 1.82) is 0 Å². The van der Waals surface area contributed by atoms with Gasteiger partial charge in [-0.05, 0) is 30.5 Å². The van der Waals surface area contributed by atoms with Crippen LogP contribution in [0.15, 0.2) is 39.7 Å². The van der Waals surface area contributed by atoms with Crippen LogP contribution in [0.4, 0.5) is 17.6 Å². The Morgan fingerprint density at radius 2 is 2.12 bits per heavy atom. The molecule has 2 aliphatic heterocycles. The lowest BCUT2D eigenvalue weighted by molar-refractivity contribution is -0.203. The van der Waals surface area contributed by atoms with E-state index in [1.165, 1.54) is 6.07 Å². The van der Waals surface area contributed by atoms with Crippen molar-refractivity contribution >= 4 is 24.3 Å². The van der Waals surface area contributed by atoms with Crippen LogP contribution in [0.5, 0.6) is 0 Å². The fourth-order valence-corrected chi connectivity index (χ4v) is 3.20. The molecule has 0 aromatic heterocycles. The first-order valence-corrected chi connectivity index (χ1v) is 8.32. The van der Waals surface area contributed by atoms with E-state index in [2.05, 4.69) is 20.6 Å². The van der Waals surface area contributed by atoms with Crippen LogP contribution in [-0.2, 0) is 6.54 Å². The van der Waals surface area contributed by atoms with Crippen LogP contribution in [0.25, 0.3) is 0 Å². The van der Waals surface area contributed by atoms with Crippen molar-refractivity contribution in [3.05, 3.63) is 46.1 Å². The van der Waals surface area contributed by atoms with Crippen LogP contribution >= 0.6 is 11.6 Å². The zero-order chi connectivity index (χ0) is 18.5. The number of halogens is 5. The van der Waals surface area contributed by atoms with Gasteiger partial charge in [0.25, 0.3) is 5.66 Å². The summed E-state index contributed by atoms with van der Waals surface area (Å²) in [7, 11) is 0. The predicted molar refractivity (Wildman–Crippen MR) is 89.0 cm³/mol. The molecule has 1 aromatic rings. The number of nitrogens with one attached hydrogen (secondary N) is 2. The van der Waals surface area contributed by atoms with Gasteiger partial charge in [0.15, 0.2) is 0 Å². The van der Waals surface area contributed by atoms with Gasteiger partial charge in [-0.15, -0.1) is 0 Å². The van der Waals surface area contributed by atoms with Crippen LogP contribution in [-0.4, -0.2) is 35.5 Å². The molecule has 1 aliphatic carbocycles. The molecule has 0 saturated heterocycles.